The Morgan fingerprint density at radius 3 is 2.45 bits per heavy atom. The molecule has 2 rings (SSSR count). The van der Waals surface area contributed by atoms with E-state index < -0.39 is 0 Å². The molecule has 2 unspecified atom stereocenters. The van der Waals surface area contributed by atoms with Crippen LogP contribution in [0.25, 0.3) is 0 Å². The minimum Gasteiger partial charge on any atom is -0.375 e. The lowest BCUT2D eigenvalue weighted by Gasteiger charge is -2.53. The molecule has 118 valence electrons. The highest BCUT2D eigenvalue weighted by molar-refractivity contribution is 5.01. The maximum Gasteiger partial charge on any atom is 0.0670 e. The molecule has 2 fully saturated rings. The highest BCUT2D eigenvalue weighted by atomic mass is 16.5. The SMILES string of the molecule is CCC1(C)CC(CN)(N2CCC(N(C)C)CC2)CCO1. The van der Waals surface area contributed by atoms with E-state index in [1.54, 1.807) is 0 Å². The van der Waals surface area contributed by atoms with Crippen molar-refractivity contribution in [1.82, 2.24) is 9.80 Å². The molecule has 0 aromatic heterocycles. The van der Waals surface area contributed by atoms with E-state index >= 15 is 0 Å². The van der Waals surface area contributed by atoms with Crippen LogP contribution in [0.2, 0.25) is 0 Å². The third kappa shape index (κ3) is 3.19. The van der Waals surface area contributed by atoms with Crippen molar-refractivity contribution in [1.29, 1.82) is 0 Å². The van der Waals surface area contributed by atoms with Crippen LogP contribution in [0.3, 0.4) is 0 Å². The van der Waals surface area contributed by atoms with Gasteiger partial charge in [-0.25, -0.2) is 0 Å². The number of nitrogens with two attached hydrogens (primary N) is 1. The van der Waals surface area contributed by atoms with Gasteiger partial charge in [-0.2, -0.15) is 0 Å². The molecule has 0 aromatic rings. The van der Waals surface area contributed by atoms with E-state index in [-0.39, 0.29) is 11.1 Å². The molecule has 2 saturated heterocycles. The highest BCUT2D eigenvalue weighted by Crippen LogP contribution is 2.39. The van der Waals surface area contributed by atoms with E-state index in [2.05, 4.69) is 37.7 Å². The summed E-state index contributed by atoms with van der Waals surface area (Å²) in [6.07, 6.45) is 5.77. The summed E-state index contributed by atoms with van der Waals surface area (Å²) in [5, 5.41) is 0. The monoisotopic (exact) mass is 283 g/mol. The van der Waals surface area contributed by atoms with Gasteiger partial charge >= 0.3 is 0 Å². The van der Waals surface area contributed by atoms with Crippen LogP contribution in [-0.2, 0) is 4.74 Å². The van der Waals surface area contributed by atoms with Gasteiger partial charge in [-0.3, -0.25) is 4.90 Å². The summed E-state index contributed by atoms with van der Waals surface area (Å²) in [5.74, 6) is 0. The summed E-state index contributed by atoms with van der Waals surface area (Å²) < 4.78 is 6.03. The summed E-state index contributed by atoms with van der Waals surface area (Å²) in [6.45, 7) is 8.46. The molecule has 0 bridgehead atoms. The van der Waals surface area contributed by atoms with E-state index in [1.165, 1.54) is 25.9 Å². The summed E-state index contributed by atoms with van der Waals surface area (Å²) in [6, 6.07) is 0.735. The first kappa shape index (κ1) is 16.2. The van der Waals surface area contributed by atoms with Crippen LogP contribution in [0, 0.1) is 0 Å². The van der Waals surface area contributed by atoms with Gasteiger partial charge in [0, 0.05) is 37.8 Å². The van der Waals surface area contributed by atoms with Gasteiger partial charge in [0.15, 0.2) is 0 Å². The van der Waals surface area contributed by atoms with Crippen LogP contribution in [0.15, 0.2) is 0 Å². The topological polar surface area (TPSA) is 41.7 Å². The van der Waals surface area contributed by atoms with Gasteiger partial charge in [0.25, 0.3) is 0 Å². The van der Waals surface area contributed by atoms with E-state index in [9.17, 15) is 0 Å². The van der Waals surface area contributed by atoms with Gasteiger partial charge in [-0.15, -0.1) is 0 Å². The number of rotatable bonds is 4. The minimum atomic E-state index is 0.00994. The first-order valence-corrected chi connectivity index (χ1v) is 8.20. The molecular weight excluding hydrogens is 250 g/mol. The maximum absolute atomic E-state index is 6.23. The first-order chi connectivity index (χ1) is 9.45. The zero-order valence-corrected chi connectivity index (χ0v) is 13.8. The molecule has 2 atom stereocenters. The summed E-state index contributed by atoms with van der Waals surface area (Å²) in [4.78, 5) is 5.04. The summed E-state index contributed by atoms with van der Waals surface area (Å²) in [7, 11) is 4.39. The fourth-order valence-corrected chi connectivity index (χ4v) is 3.98. The van der Waals surface area contributed by atoms with E-state index in [0.29, 0.717) is 0 Å². The predicted octanol–water partition coefficient (Wildman–Crippen LogP) is 1.69. The van der Waals surface area contributed by atoms with Crippen LogP contribution in [0.1, 0.15) is 46.0 Å². The number of likely N-dealkylation sites (tertiary alicyclic amines) is 1. The van der Waals surface area contributed by atoms with Gasteiger partial charge in [-0.05, 0) is 53.1 Å². The molecule has 20 heavy (non-hydrogen) atoms. The van der Waals surface area contributed by atoms with Crippen LogP contribution in [-0.4, -0.2) is 67.3 Å². The van der Waals surface area contributed by atoms with Gasteiger partial charge < -0.3 is 15.4 Å². The lowest BCUT2D eigenvalue weighted by molar-refractivity contribution is -0.133. The molecule has 0 saturated carbocycles. The zero-order chi connectivity index (χ0) is 14.8. The molecule has 2 aliphatic rings. The molecule has 2 N–H and O–H groups in total. The number of hydrogen-bond donors (Lipinski definition) is 1. The number of nitrogens with zero attached hydrogens (tertiary/aromatic N) is 2. The molecule has 0 amide bonds. The number of hydrogen-bond acceptors (Lipinski definition) is 4. The molecule has 0 aliphatic carbocycles. The second kappa shape index (κ2) is 6.30. The Kier molecular flexibility index (Phi) is 5.11. The van der Waals surface area contributed by atoms with Gasteiger partial charge in [0.1, 0.15) is 0 Å². The summed E-state index contributed by atoms with van der Waals surface area (Å²) >= 11 is 0. The molecule has 0 aromatic carbocycles. The van der Waals surface area contributed by atoms with Crippen LogP contribution >= 0.6 is 0 Å². The average Bonchev–Trinajstić information content (AvgIpc) is 2.47. The van der Waals surface area contributed by atoms with E-state index in [1.807, 2.05) is 0 Å². The Labute approximate surface area is 124 Å². The highest BCUT2D eigenvalue weighted by Gasteiger charge is 2.46. The van der Waals surface area contributed by atoms with Crippen molar-refractivity contribution < 1.29 is 4.74 Å². The zero-order valence-electron chi connectivity index (χ0n) is 13.8. The van der Waals surface area contributed by atoms with Crippen molar-refractivity contribution in [2.75, 3.05) is 40.3 Å². The number of ether oxygens (including phenoxy) is 1. The third-order valence-corrected chi connectivity index (χ3v) is 5.71. The quantitative estimate of drug-likeness (QED) is 0.852. The normalized spacial score (nSPS) is 37.5. The Balaban J connectivity index is 2.04. The van der Waals surface area contributed by atoms with Crippen molar-refractivity contribution >= 4 is 0 Å². The molecular formula is C16H33N3O. The van der Waals surface area contributed by atoms with Crippen LogP contribution in [0.5, 0.6) is 0 Å². The maximum atomic E-state index is 6.23. The van der Waals surface area contributed by atoms with Gasteiger partial charge in [0.05, 0.1) is 5.60 Å². The van der Waals surface area contributed by atoms with Crippen LogP contribution < -0.4 is 5.73 Å². The Bertz CT molecular complexity index is 315. The average molecular weight is 283 g/mol. The first-order valence-electron chi connectivity index (χ1n) is 8.20. The fourth-order valence-electron chi connectivity index (χ4n) is 3.98. The minimum absolute atomic E-state index is 0.00994. The van der Waals surface area contributed by atoms with Crippen molar-refractivity contribution in [3.63, 3.8) is 0 Å². The fraction of sp³-hybridized carbons (Fsp3) is 1.00. The van der Waals surface area contributed by atoms with Gasteiger partial charge in [-0.1, -0.05) is 6.92 Å². The standard InChI is InChI=1S/C16H33N3O/c1-5-15(2)12-16(13-17,8-11-20-15)19-9-6-14(7-10-19)18(3)4/h14H,5-13,17H2,1-4H3. The molecule has 4 heteroatoms. The van der Waals surface area contributed by atoms with Crippen molar-refractivity contribution in [3.8, 4) is 0 Å². The molecule has 0 radical (unpaired) electrons. The largest absolute Gasteiger partial charge is 0.375 e. The number of piperidine rings is 1. The Hall–Kier alpha value is -0.160. The third-order valence-electron chi connectivity index (χ3n) is 5.71. The Morgan fingerprint density at radius 1 is 1.30 bits per heavy atom. The lowest BCUT2D eigenvalue weighted by atomic mass is 9.77. The van der Waals surface area contributed by atoms with E-state index in [0.717, 1.165) is 38.5 Å². The molecule has 2 heterocycles. The molecule has 4 nitrogen and oxygen atoms in total. The van der Waals surface area contributed by atoms with Crippen molar-refractivity contribution in [3.05, 3.63) is 0 Å². The van der Waals surface area contributed by atoms with Crippen molar-refractivity contribution in [2.45, 2.75) is 63.1 Å². The predicted molar refractivity (Wildman–Crippen MR) is 83.9 cm³/mol. The second-order valence-corrected chi connectivity index (χ2v) is 7.19. The Morgan fingerprint density at radius 2 is 1.95 bits per heavy atom. The van der Waals surface area contributed by atoms with Gasteiger partial charge in [0.2, 0.25) is 0 Å². The van der Waals surface area contributed by atoms with Crippen LogP contribution in [0.4, 0.5) is 0 Å². The molecule has 0 spiro atoms. The molecule has 2 aliphatic heterocycles. The van der Waals surface area contributed by atoms with E-state index in [4.69, 9.17) is 10.5 Å². The smallest absolute Gasteiger partial charge is 0.0670 e. The lowest BCUT2D eigenvalue weighted by Crippen LogP contribution is -2.63. The second-order valence-electron chi connectivity index (χ2n) is 7.19. The summed E-state index contributed by atoms with van der Waals surface area (Å²) in [5.41, 5.74) is 6.41. The van der Waals surface area contributed by atoms with Crippen molar-refractivity contribution in [2.24, 2.45) is 5.73 Å².